The Labute approximate surface area is 193 Å². The molecule has 5 rings (SSSR count). The highest BCUT2D eigenvalue weighted by Crippen LogP contribution is 2.32. The molecule has 2 aliphatic rings. The summed E-state index contributed by atoms with van der Waals surface area (Å²) in [5, 5.41) is 8.24. The van der Waals surface area contributed by atoms with Gasteiger partial charge >= 0.3 is 0 Å². The van der Waals surface area contributed by atoms with Crippen LogP contribution in [0.5, 0.6) is 11.5 Å². The van der Waals surface area contributed by atoms with Crippen LogP contribution in [0.15, 0.2) is 42.5 Å². The van der Waals surface area contributed by atoms with E-state index in [0.717, 1.165) is 65.6 Å². The number of rotatable bonds is 4. The Morgan fingerprint density at radius 2 is 1.84 bits per heavy atom. The van der Waals surface area contributed by atoms with Gasteiger partial charge in [0.2, 0.25) is 6.79 Å². The van der Waals surface area contributed by atoms with E-state index in [0.29, 0.717) is 11.7 Å². The van der Waals surface area contributed by atoms with E-state index in [1.807, 2.05) is 24.3 Å². The second-order valence-corrected chi connectivity index (χ2v) is 8.72. The van der Waals surface area contributed by atoms with Crippen molar-refractivity contribution < 1.29 is 9.47 Å². The molecule has 2 aromatic carbocycles. The number of nitrogens with zero attached hydrogens (tertiary/aromatic N) is 3. The Kier molecular flexibility index (Phi) is 5.71. The predicted octanol–water partition coefficient (Wildman–Crippen LogP) is 3.51. The quantitative estimate of drug-likeness (QED) is 0.587. The number of nitrogens with one attached hydrogen (secondary N) is 2. The van der Waals surface area contributed by atoms with E-state index < -0.39 is 0 Å². The van der Waals surface area contributed by atoms with Crippen LogP contribution < -0.4 is 25.0 Å². The lowest BCUT2D eigenvalue weighted by Gasteiger charge is -2.33. The molecule has 1 aromatic heterocycles. The van der Waals surface area contributed by atoms with Crippen molar-refractivity contribution in [2.24, 2.45) is 0 Å². The largest absolute Gasteiger partial charge is 0.454 e. The molecule has 2 N–H and O–H groups in total. The first-order chi connectivity index (χ1) is 15.5. The molecule has 7 nitrogen and oxygen atoms in total. The van der Waals surface area contributed by atoms with Crippen molar-refractivity contribution in [3.05, 3.63) is 53.6 Å². The molecule has 0 saturated carbocycles. The van der Waals surface area contributed by atoms with Crippen LogP contribution in [0.2, 0.25) is 0 Å². The third kappa shape index (κ3) is 4.42. The lowest BCUT2D eigenvalue weighted by atomic mass is 10.1. The van der Waals surface area contributed by atoms with Gasteiger partial charge < -0.3 is 29.9 Å². The Morgan fingerprint density at radius 1 is 1.03 bits per heavy atom. The highest BCUT2D eigenvalue weighted by atomic mass is 32.1. The zero-order chi connectivity index (χ0) is 22.1. The Morgan fingerprint density at radius 3 is 2.69 bits per heavy atom. The predicted molar refractivity (Wildman–Crippen MR) is 132 cm³/mol. The normalized spacial score (nSPS) is 15.8. The van der Waals surface area contributed by atoms with Gasteiger partial charge in [-0.1, -0.05) is 6.07 Å². The smallest absolute Gasteiger partial charge is 0.231 e. The van der Waals surface area contributed by atoms with Crippen molar-refractivity contribution in [1.29, 1.82) is 0 Å². The van der Waals surface area contributed by atoms with Crippen molar-refractivity contribution >= 4 is 39.7 Å². The molecule has 32 heavy (non-hydrogen) atoms. The highest BCUT2D eigenvalue weighted by Gasteiger charge is 2.17. The molecular weight excluding hydrogens is 422 g/mol. The number of anilines is 2. The summed E-state index contributed by atoms with van der Waals surface area (Å²) in [7, 11) is 2.17. The average molecular weight is 450 g/mol. The van der Waals surface area contributed by atoms with Crippen LogP contribution in [0, 0.1) is 6.92 Å². The molecule has 8 heteroatoms. The van der Waals surface area contributed by atoms with Crippen molar-refractivity contribution in [3.63, 3.8) is 0 Å². The van der Waals surface area contributed by atoms with Crippen LogP contribution >= 0.6 is 12.2 Å². The number of thiocarbonyl (C=S) groups is 1. The molecule has 3 heterocycles. The summed E-state index contributed by atoms with van der Waals surface area (Å²) < 4.78 is 10.8. The Balaban J connectivity index is 1.24. The van der Waals surface area contributed by atoms with Crippen molar-refractivity contribution in [2.75, 3.05) is 50.2 Å². The summed E-state index contributed by atoms with van der Waals surface area (Å²) in [6, 6.07) is 14.3. The lowest BCUT2D eigenvalue weighted by Crippen LogP contribution is -2.44. The van der Waals surface area contributed by atoms with Gasteiger partial charge in [0.15, 0.2) is 16.6 Å². The standard InChI is InChI=1S/C24H27N5O2S/c1-16-11-23(29-9-7-28(2)8-10-29)27-20-5-4-18(13-19(16)20)26-24(32)25-14-17-3-6-21-22(12-17)31-15-30-21/h3-6,11-13H,7-10,14-15H2,1-2H3,(H2,25,26,32). The van der Waals surface area contributed by atoms with Crippen molar-refractivity contribution in [1.82, 2.24) is 15.2 Å². The molecule has 1 fully saturated rings. The number of pyridine rings is 1. The summed E-state index contributed by atoms with van der Waals surface area (Å²) >= 11 is 5.50. The van der Waals surface area contributed by atoms with E-state index >= 15 is 0 Å². The monoisotopic (exact) mass is 449 g/mol. The van der Waals surface area contributed by atoms with Crippen LogP contribution in [0.4, 0.5) is 11.5 Å². The van der Waals surface area contributed by atoms with E-state index in [9.17, 15) is 0 Å². The minimum Gasteiger partial charge on any atom is -0.454 e. The molecule has 0 atom stereocenters. The summed E-state index contributed by atoms with van der Waals surface area (Å²) in [6.45, 7) is 7.18. The van der Waals surface area contributed by atoms with Crippen LogP contribution in [0.1, 0.15) is 11.1 Å². The van der Waals surface area contributed by atoms with E-state index in [2.05, 4.69) is 52.6 Å². The lowest BCUT2D eigenvalue weighted by molar-refractivity contribution is 0.174. The number of ether oxygens (including phenoxy) is 2. The van der Waals surface area contributed by atoms with E-state index in [4.69, 9.17) is 26.7 Å². The number of aryl methyl sites for hydroxylation is 1. The first kappa shape index (κ1) is 20.8. The maximum atomic E-state index is 5.50. The van der Waals surface area contributed by atoms with Gasteiger partial charge in [-0.3, -0.25) is 0 Å². The van der Waals surface area contributed by atoms with Gasteiger partial charge in [0, 0.05) is 43.8 Å². The Bertz CT molecular complexity index is 1160. The van der Waals surface area contributed by atoms with Crippen molar-refractivity contribution in [3.8, 4) is 11.5 Å². The van der Waals surface area contributed by atoms with Gasteiger partial charge in [0.05, 0.1) is 5.52 Å². The second-order valence-electron chi connectivity index (χ2n) is 8.31. The topological polar surface area (TPSA) is 61.9 Å². The van der Waals surface area contributed by atoms with Crippen LogP contribution in [0.3, 0.4) is 0 Å². The van der Waals surface area contributed by atoms with Crippen LogP contribution in [0.25, 0.3) is 10.9 Å². The number of likely N-dealkylation sites (N-methyl/N-ethyl adjacent to an activating group) is 1. The number of fused-ring (bicyclic) bond motifs is 2. The van der Waals surface area contributed by atoms with Crippen LogP contribution in [-0.2, 0) is 6.54 Å². The third-order valence-electron chi connectivity index (χ3n) is 5.98. The first-order valence-electron chi connectivity index (χ1n) is 10.8. The van der Waals surface area contributed by atoms with Gasteiger partial charge in [0.25, 0.3) is 0 Å². The van der Waals surface area contributed by atoms with Crippen molar-refractivity contribution in [2.45, 2.75) is 13.5 Å². The maximum Gasteiger partial charge on any atom is 0.231 e. The molecule has 0 spiro atoms. The third-order valence-corrected chi connectivity index (χ3v) is 6.22. The molecular formula is C24H27N5O2S. The molecule has 0 radical (unpaired) electrons. The maximum absolute atomic E-state index is 5.50. The van der Waals surface area contributed by atoms with E-state index in [1.165, 1.54) is 5.56 Å². The fourth-order valence-electron chi connectivity index (χ4n) is 4.06. The number of hydrogen-bond donors (Lipinski definition) is 2. The minimum atomic E-state index is 0.277. The Hall–Kier alpha value is -3.10. The summed E-state index contributed by atoms with van der Waals surface area (Å²) in [6.07, 6.45) is 0. The van der Waals surface area contributed by atoms with Gasteiger partial charge in [-0.15, -0.1) is 0 Å². The first-order valence-corrected chi connectivity index (χ1v) is 11.2. The molecule has 0 unspecified atom stereocenters. The molecule has 0 amide bonds. The zero-order valence-electron chi connectivity index (χ0n) is 18.4. The number of piperazine rings is 1. The SMILES string of the molecule is Cc1cc(N2CCN(C)CC2)nc2ccc(NC(=S)NCc3ccc4c(c3)OCO4)cc12. The van der Waals surface area contributed by atoms with E-state index in [1.54, 1.807) is 0 Å². The average Bonchev–Trinajstić information content (AvgIpc) is 3.26. The fraction of sp³-hybridized carbons (Fsp3) is 0.333. The molecule has 0 bridgehead atoms. The van der Waals surface area contributed by atoms with Gasteiger partial charge in [-0.25, -0.2) is 4.98 Å². The summed E-state index contributed by atoms with van der Waals surface area (Å²) in [5.74, 6) is 2.62. The highest BCUT2D eigenvalue weighted by molar-refractivity contribution is 7.80. The number of hydrogen-bond acceptors (Lipinski definition) is 6. The second kappa shape index (κ2) is 8.80. The number of aromatic nitrogens is 1. The molecule has 166 valence electrons. The van der Waals surface area contributed by atoms with E-state index in [-0.39, 0.29) is 6.79 Å². The zero-order valence-corrected chi connectivity index (χ0v) is 19.2. The van der Waals surface area contributed by atoms with Gasteiger partial charge in [0.1, 0.15) is 5.82 Å². The summed E-state index contributed by atoms with van der Waals surface area (Å²) in [5.41, 5.74) is 4.24. The molecule has 1 saturated heterocycles. The van der Waals surface area contributed by atoms with Gasteiger partial charge in [-0.05, 0) is 73.7 Å². The minimum absolute atomic E-state index is 0.277. The molecule has 0 aliphatic carbocycles. The van der Waals surface area contributed by atoms with Gasteiger partial charge in [-0.2, -0.15) is 0 Å². The fourth-order valence-corrected chi connectivity index (χ4v) is 4.25. The summed E-state index contributed by atoms with van der Waals surface area (Å²) in [4.78, 5) is 9.64. The van der Waals surface area contributed by atoms with Crippen LogP contribution in [-0.4, -0.2) is 55.0 Å². The molecule has 3 aromatic rings. The molecule has 2 aliphatic heterocycles. The number of benzene rings is 2.